The molecule has 0 spiro atoms. The molecule has 0 saturated carbocycles. The van der Waals surface area contributed by atoms with Crippen molar-refractivity contribution in [2.45, 2.75) is 0 Å². The fourth-order valence-electron chi connectivity index (χ4n) is 2.22. The van der Waals surface area contributed by atoms with Crippen molar-refractivity contribution in [3.8, 4) is 28.5 Å². The van der Waals surface area contributed by atoms with E-state index >= 15 is 0 Å². The lowest BCUT2D eigenvalue weighted by atomic mass is 10.1. The first-order valence-corrected chi connectivity index (χ1v) is 7.45. The van der Waals surface area contributed by atoms with Crippen LogP contribution in [-0.2, 0) is 0 Å². The number of ether oxygens (including phenoxy) is 1. The second kappa shape index (κ2) is 6.72. The number of amides is 1. The Kier molecular flexibility index (Phi) is 4.47. The van der Waals surface area contributed by atoms with Gasteiger partial charge in [-0.25, -0.2) is 13.6 Å². The molecule has 0 aliphatic heterocycles. The number of halogens is 2. The Hall–Kier alpha value is -3.22. The number of carbonyl (C=O) groups is 1. The molecule has 0 saturated heterocycles. The summed E-state index contributed by atoms with van der Waals surface area (Å²) in [6.45, 7) is 0. The van der Waals surface area contributed by atoms with Crippen LogP contribution in [-0.4, -0.2) is 35.1 Å². The molecule has 0 bridgehead atoms. The summed E-state index contributed by atoms with van der Waals surface area (Å²) in [5, 5.41) is 0. The number of aromatic amines is 1. The summed E-state index contributed by atoms with van der Waals surface area (Å²) >= 11 is 0. The van der Waals surface area contributed by atoms with Crippen LogP contribution >= 0.6 is 0 Å². The van der Waals surface area contributed by atoms with Crippen LogP contribution in [0.5, 0.6) is 6.01 Å². The molecule has 0 atom stereocenters. The number of hydrogen-bond donors (Lipinski definition) is 1. The number of nitrogens with zero attached hydrogens (tertiary/aromatic N) is 2. The molecule has 3 rings (SSSR count). The highest BCUT2D eigenvalue weighted by atomic mass is 19.1. The zero-order valence-electron chi connectivity index (χ0n) is 13.6. The third-order valence-electron chi connectivity index (χ3n) is 3.48. The third-order valence-corrected chi connectivity index (χ3v) is 3.48. The Bertz CT molecular complexity index is 825. The maximum absolute atomic E-state index is 13.2. The van der Waals surface area contributed by atoms with Crippen LogP contribution in [0.3, 0.4) is 0 Å². The SMILES string of the molecule is CN(C)C(=O)Oc1nc(-c2ccc(F)cc2)c(-c2ccc(F)cc2)[nH]1. The maximum atomic E-state index is 13.2. The fraction of sp³-hybridized carbons (Fsp3) is 0.111. The highest BCUT2D eigenvalue weighted by Crippen LogP contribution is 2.32. The van der Waals surface area contributed by atoms with Gasteiger partial charge in [-0.05, 0) is 48.5 Å². The molecule has 3 aromatic rings. The second-order valence-corrected chi connectivity index (χ2v) is 5.54. The van der Waals surface area contributed by atoms with E-state index in [0.717, 1.165) is 0 Å². The van der Waals surface area contributed by atoms with E-state index in [2.05, 4.69) is 9.97 Å². The van der Waals surface area contributed by atoms with Gasteiger partial charge in [0.1, 0.15) is 17.3 Å². The van der Waals surface area contributed by atoms with Crippen molar-refractivity contribution in [3.63, 3.8) is 0 Å². The van der Waals surface area contributed by atoms with E-state index in [1.54, 1.807) is 38.4 Å². The number of H-pyrrole nitrogens is 1. The van der Waals surface area contributed by atoms with Gasteiger partial charge in [0.25, 0.3) is 0 Å². The third kappa shape index (κ3) is 3.65. The van der Waals surface area contributed by atoms with Crippen LogP contribution in [0.2, 0.25) is 0 Å². The predicted molar refractivity (Wildman–Crippen MR) is 89.1 cm³/mol. The lowest BCUT2D eigenvalue weighted by molar-refractivity contribution is 0.168. The Morgan fingerprint density at radius 2 is 1.48 bits per heavy atom. The lowest BCUT2D eigenvalue weighted by Gasteiger charge is -2.07. The molecular weight excluding hydrogens is 328 g/mol. The number of rotatable bonds is 3. The van der Waals surface area contributed by atoms with Gasteiger partial charge in [0, 0.05) is 25.2 Å². The maximum Gasteiger partial charge on any atom is 0.417 e. The molecule has 128 valence electrons. The van der Waals surface area contributed by atoms with E-state index in [4.69, 9.17) is 4.74 Å². The van der Waals surface area contributed by atoms with E-state index < -0.39 is 6.09 Å². The van der Waals surface area contributed by atoms with Gasteiger partial charge in [-0.2, -0.15) is 4.98 Å². The van der Waals surface area contributed by atoms with Crippen LogP contribution in [0.4, 0.5) is 13.6 Å². The zero-order chi connectivity index (χ0) is 18.0. The van der Waals surface area contributed by atoms with Gasteiger partial charge in [-0.3, -0.25) is 0 Å². The van der Waals surface area contributed by atoms with E-state index in [-0.39, 0.29) is 17.6 Å². The predicted octanol–water partition coefficient (Wildman–Crippen LogP) is 4.08. The molecule has 7 heteroatoms. The Balaban J connectivity index is 2.07. The minimum absolute atomic E-state index is 0.00245. The van der Waals surface area contributed by atoms with Gasteiger partial charge in [0.15, 0.2) is 0 Å². The standard InChI is InChI=1S/C18H15F2N3O2/c1-23(2)18(24)25-17-21-15(11-3-7-13(19)8-4-11)16(22-17)12-5-9-14(20)10-6-12/h3-10H,1-2H3,(H,21,22). The van der Waals surface area contributed by atoms with E-state index in [9.17, 15) is 13.6 Å². The van der Waals surface area contributed by atoms with Crippen LogP contribution in [0.25, 0.3) is 22.5 Å². The first-order chi connectivity index (χ1) is 11.9. The average Bonchev–Trinajstić information content (AvgIpc) is 3.00. The summed E-state index contributed by atoms with van der Waals surface area (Å²) in [7, 11) is 3.10. The molecule has 1 heterocycles. The highest BCUT2D eigenvalue weighted by molar-refractivity contribution is 5.79. The topological polar surface area (TPSA) is 58.2 Å². The van der Waals surface area contributed by atoms with Gasteiger partial charge in [-0.1, -0.05) is 0 Å². The molecular formula is C18H15F2N3O2. The van der Waals surface area contributed by atoms with Gasteiger partial charge in [0.2, 0.25) is 0 Å². The molecule has 0 aliphatic carbocycles. The molecule has 1 N–H and O–H groups in total. The number of imidazole rings is 1. The quantitative estimate of drug-likeness (QED) is 0.779. The Morgan fingerprint density at radius 3 is 2.00 bits per heavy atom. The number of hydrogen-bond acceptors (Lipinski definition) is 3. The smallest absolute Gasteiger partial charge is 0.375 e. The molecule has 0 fully saturated rings. The van der Waals surface area contributed by atoms with Crippen molar-refractivity contribution in [3.05, 3.63) is 60.2 Å². The molecule has 0 unspecified atom stereocenters. The normalized spacial score (nSPS) is 10.6. The highest BCUT2D eigenvalue weighted by Gasteiger charge is 2.18. The summed E-state index contributed by atoms with van der Waals surface area (Å²) in [6, 6.07) is 11.5. The van der Waals surface area contributed by atoms with Gasteiger partial charge in [-0.15, -0.1) is 0 Å². The number of benzene rings is 2. The summed E-state index contributed by atoms with van der Waals surface area (Å²) in [5.41, 5.74) is 2.28. The van der Waals surface area contributed by atoms with Crippen molar-refractivity contribution < 1.29 is 18.3 Å². The van der Waals surface area contributed by atoms with E-state index in [1.165, 1.54) is 29.2 Å². The van der Waals surface area contributed by atoms with Crippen LogP contribution in [0, 0.1) is 11.6 Å². The second-order valence-electron chi connectivity index (χ2n) is 5.54. The monoisotopic (exact) mass is 343 g/mol. The molecule has 0 radical (unpaired) electrons. The molecule has 0 aliphatic rings. The lowest BCUT2D eigenvalue weighted by Crippen LogP contribution is -2.25. The number of nitrogens with one attached hydrogen (secondary N) is 1. The summed E-state index contributed by atoms with van der Waals surface area (Å²) < 4.78 is 31.5. The van der Waals surface area contributed by atoms with Crippen molar-refractivity contribution in [2.24, 2.45) is 0 Å². The molecule has 25 heavy (non-hydrogen) atoms. The summed E-state index contributed by atoms with van der Waals surface area (Å²) in [6.07, 6.45) is -0.593. The number of carbonyl (C=O) groups excluding carboxylic acids is 1. The van der Waals surface area contributed by atoms with Crippen molar-refractivity contribution >= 4 is 6.09 Å². The minimum Gasteiger partial charge on any atom is -0.375 e. The Labute approximate surface area is 142 Å². The van der Waals surface area contributed by atoms with Crippen LogP contribution < -0.4 is 4.74 Å². The van der Waals surface area contributed by atoms with Crippen molar-refractivity contribution in [2.75, 3.05) is 14.1 Å². The van der Waals surface area contributed by atoms with Crippen LogP contribution in [0.15, 0.2) is 48.5 Å². The van der Waals surface area contributed by atoms with Crippen LogP contribution in [0.1, 0.15) is 0 Å². The fourth-order valence-corrected chi connectivity index (χ4v) is 2.22. The molecule has 1 amide bonds. The Morgan fingerprint density at radius 1 is 0.960 bits per heavy atom. The van der Waals surface area contributed by atoms with E-state index in [0.29, 0.717) is 22.5 Å². The van der Waals surface area contributed by atoms with Crippen molar-refractivity contribution in [1.82, 2.24) is 14.9 Å². The number of aromatic nitrogens is 2. The first-order valence-electron chi connectivity index (χ1n) is 7.45. The van der Waals surface area contributed by atoms with Gasteiger partial charge in [0.05, 0.1) is 5.69 Å². The molecule has 1 aromatic heterocycles. The van der Waals surface area contributed by atoms with Gasteiger partial charge >= 0.3 is 12.1 Å². The minimum atomic E-state index is -0.593. The van der Waals surface area contributed by atoms with Crippen molar-refractivity contribution in [1.29, 1.82) is 0 Å². The average molecular weight is 343 g/mol. The molecule has 2 aromatic carbocycles. The summed E-state index contributed by atoms with van der Waals surface area (Å²) in [5.74, 6) is -0.743. The molecule has 5 nitrogen and oxygen atoms in total. The summed E-state index contributed by atoms with van der Waals surface area (Å²) in [4.78, 5) is 20.2. The first kappa shape index (κ1) is 16.6. The van der Waals surface area contributed by atoms with Gasteiger partial charge < -0.3 is 14.6 Å². The zero-order valence-corrected chi connectivity index (χ0v) is 13.6. The van der Waals surface area contributed by atoms with E-state index in [1.807, 2.05) is 0 Å². The largest absolute Gasteiger partial charge is 0.417 e.